The lowest BCUT2D eigenvalue weighted by molar-refractivity contribution is -0.387. The molecule has 1 rings (SSSR count). The van der Waals surface area contributed by atoms with Crippen molar-refractivity contribution >= 4 is 11.7 Å². The summed E-state index contributed by atoms with van der Waals surface area (Å²) in [4.78, 5) is 21.1. The molecular formula is C13H15F2NO5. The van der Waals surface area contributed by atoms with E-state index in [1.54, 1.807) is 0 Å². The second kappa shape index (κ2) is 8.25. The number of halogens is 2. The molecule has 0 heterocycles. The van der Waals surface area contributed by atoms with Crippen molar-refractivity contribution in [2.75, 3.05) is 19.8 Å². The Hall–Kier alpha value is -2.09. The summed E-state index contributed by atoms with van der Waals surface area (Å²) in [6.45, 7) is 2.37. The maximum atomic E-state index is 13.7. The molecule has 6 nitrogen and oxygen atoms in total. The van der Waals surface area contributed by atoms with Crippen LogP contribution in [0.2, 0.25) is 0 Å². The first-order valence-electron chi connectivity index (χ1n) is 6.36. The van der Waals surface area contributed by atoms with Gasteiger partial charge in [0.05, 0.1) is 11.5 Å². The molecule has 0 unspecified atom stereocenters. The number of rotatable bonds is 8. The van der Waals surface area contributed by atoms with Crippen molar-refractivity contribution in [2.45, 2.75) is 19.8 Å². The predicted octanol–water partition coefficient (Wildman–Crippen LogP) is 2.85. The van der Waals surface area contributed by atoms with E-state index in [9.17, 15) is 23.7 Å². The molecule has 0 amide bonds. The van der Waals surface area contributed by atoms with Crippen LogP contribution in [-0.2, 0) is 9.47 Å². The van der Waals surface area contributed by atoms with Gasteiger partial charge in [-0.15, -0.1) is 0 Å². The maximum absolute atomic E-state index is 13.7. The van der Waals surface area contributed by atoms with Gasteiger partial charge < -0.3 is 9.47 Å². The summed E-state index contributed by atoms with van der Waals surface area (Å²) in [6, 6.07) is 1.30. The quantitative estimate of drug-likeness (QED) is 0.319. The summed E-state index contributed by atoms with van der Waals surface area (Å²) in [6.07, 6.45) is 1.80. The maximum Gasteiger partial charge on any atom is 0.344 e. The van der Waals surface area contributed by atoms with E-state index >= 15 is 0 Å². The Bertz CT molecular complexity index is 522. The van der Waals surface area contributed by atoms with E-state index in [2.05, 4.69) is 4.74 Å². The van der Waals surface area contributed by atoms with Gasteiger partial charge in [0.25, 0.3) is 0 Å². The van der Waals surface area contributed by atoms with E-state index in [1.165, 1.54) is 0 Å². The highest BCUT2D eigenvalue weighted by atomic mass is 19.1. The standard InChI is InChI=1S/C13H15F2NO5/c1-2-3-6-20-7-8-21-13(17)11-9(14)4-5-10(12(11)15)16(18)19/h4-5H,2-3,6-8H2,1H3. The number of hydrogen-bond donors (Lipinski definition) is 0. The molecule has 0 aliphatic heterocycles. The van der Waals surface area contributed by atoms with Crippen LogP contribution in [-0.4, -0.2) is 30.7 Å². The summed E-state index contributed by atoms with van der Waals surface area (Å²) in [7, 11) is 0. The fraction of sp³-hybridized carbons (Fsp3) is 0.462. The van der Waals surface area contributed by atoms with Crippen molar-refractivity contribution < 1.29 is 28.0 Å². The summed E-state index contributed by atoms with van der Waals surface area (Å²) >= 11 is 0. The van der Waals surface area contributed by atoms with E-state index in [-0.39, 0.29) is 13.2 Å². The van der Waals surface area contributed by atoms with Crippen molar-refractivity contribution in [3.63, 3.8) is 0 Å². The van der Waals surface area contributed by atoms with Gasteiger partial charge in [0, 0.05) is 12.7 Å². The van der Waals surface area contributed by atoms with Gasteiger partial charge in [0.1, 0.15) is 18.0 Å². The van der Waals surface area contributed by atoms with Crippen LogP contribution in [0.15, 0.2) is 12.1 Å². The third-order valence-electron chi connectivity index (χ3n) is 2.57. The minimum atomic E-state index is -1.54. The molecular weight excluding hydrogens is 288 g/mol. The van der Waals surface area contributed by atoms with Crippen molar-refractivity contribution in [3.8, 4) is 0 Å². The number of nitro groups is 1. The molecule has 0 aliphatic rings. The number of nitro benzene ring substituents is 1. The number of ether oxygens (including phenoxy) is 2. The number of unbranched alkanes of at least 4 members (excludes halogenated alkanes) is 1. The van der Waals surface area contributed by atoms with Gasteiger partial charge in [-0.2, -0.15) is 4.39 Å². The monoisotopic (exact) mass is 303 g/mol. The second-order valence-corrected chi connectivity index (χ2v) is 4.11. The van der Waals surface area contributed by atoms with Gasteiger partial charge in [0.15, 0.2) is 0 Å². The molecule has 0 radical (unpaired) electrons. The Morgan fingerprint density at radius 2 is 2.00 bits per heavy atom. The summed E-state index contributed by atoms with van der Waals surface area (Å²) in [5, 5.41) is 10.5. The average Bonchev–Trinajstić information content (AvgIpc) is 2.42. The van der Waals surface area contributed by atoms with Crippen molar-refractivity contribution in [1.82, 2.24) is 0 Å². The van der Waals surface area contributed by atoms with Crippen LogP contribution < -0.4 is 0 Å². The lowest BCUT2D eigenvalue weighted by atomic mass is 10.1. The first kappa shape index (κ1) is 17.0. The van der Waals surface area contributed by atoms with E-state index in [0.29, 0.717) is 18.7 Å². The number of hydrogen-bond acceptors (Lipinski definition) is 5. The predicted molar refractivity (Wildman–Crippen MR) is 69.0 cm³/mol. The number of benzene rings is 1. The number of carbonyl (C=O) groups is 1. The van der Waals surface area contributed by atoms with Crippen LogP contribution in [0, 0.1) is 21.7 Å². The molecule has 0 spiro atoms. The van der Waals surface area contributed by atoms with Crippen molar-refractivity contribution in [2.24, 2.45) is 0 Å². The number of esters is 1. The molecule has 0 N–H and O–H groups in total. The van der Waals surface area contributed by atoms with Gasteiger partial charge >= 0.3 is 11.7 Å². The highest BCUT2D eigenvalue weighted by Crippen LogP contribution is 2.23. The third kappa shape index (κ3) is 4.75. The van der Waals surface area contributed by atoms with Crippen LogP contribution in [0.1, 0.15) is 30.1 Å². The summed E-state index contributed by atoms with van der Waals surface area (Å²) < 4.78 is 36.9. The molecule has 0 fully saturated rings. The largest absolute Gasteiger partial charge is 0.459 e. The zero-order chi connectivity index (χ0) is 15.8. The zero-order valence-electron chi connectivity index (χ0n) is 11.4. The molecule has 0 bridgehead atoms. The fourth-order valence-corrected chi connectivity index (χ4v) is 1.48. The first-order chi connectivity index (χ1) is 9.99. The molecule has 1 aromatic carbocycles. The molecule has 116 valence electrons. The highest BCUT2D eigenvalue weighted by molar-refractivity contribution is 5.90. The number of carbonyl (C=O) groups excluding carboxylic acids is 1. The topological polar surface area (TPSA) is 78.7 Å². The Morgan fingerprint density at radius 3 is 2.62 bits per heavy atom. The van der Waals surface area contributed by atoms with Crippen molar-refractivity contribution in [1.29, 1.82) is 0 Å². The van der Waals surface area contributed by atoms with Gasteiger partial charge in [-0.1, -0.05) is 13.3 Å². The highest BCUT2D eigenvalue weighted by Gasteiger charge is 2.27. The average molecular weight is 303 g/mol. The lowest BCUT2D eigenvalue weighted by Gasteiger charge is -2.07. The van der Waals surface area contributed by atoms with Crippen LogP contribution in [0.3, 0.4) is 0 Å². The van der Waals surface area contributed by atoms with Crippen LogP contribution in [0.4, 0.5) is 14.5 Å². The van der Waals surface area contributed by atoms with Crippen LogP contribution in [0.25, 0.3) is 0 Å². The SMILES string of the molecule is CCCCOCCOC(=O)c1c(F)ccc([N+](=O)[O-])c1F. The molecule has 0 saturated carbocycles. The lowest BCUT2D eigenvalue weighted by Crippen LogP contribution is -2.15. The van der Waals surface area contributed by atoms with E-state index in [0.717, 1.165) is 12.8 Å². The minimum Gasteiger partial charge on any atom is -0.459 e. The second-order valence-electron chi connectivity index (χ2n) is 4.11. The van der Waals surface area contributed by atoms with E-state index < -0.39 is 33.8 Å². The van der Waals surface area contributed by atoms with Crippen LogP contribution in [0.5, 0.6) is 0 Å². The Morgan fingerprint density at radius 1 is 1.29 bits per heavy atom. The molecule has 0 atom stereocenters. The van der Waals surface area contributed by atoms with Gasteiger partial charge in [-0.05, 0) is 12.5 Å². The molecule has 0 saturated heterocycles. The van der Waals surface area contributed by atoms with Crippen molar-refractivity contribution in [3.05, 3.63) is 39.4 Å². The Kier molecular flexibility index (Phi) is 6.67. The smallest absolute Gasteiger partial charge is 0.344 e. The Labute approximate surface area is 119 Å². The third-order valence-corrected chi connectivity index (χ3v) is 2.57. The first-order valence-corrected chi connectivity index (χ1v) is 6.36. The molecule has 1 aromatic rings. The van der Waals surface area contributed by atoms with E-state index in [1.807, 2.05) is 6.92 Å². The van der Waals surface area contributed by atoms with Crippen LogP contribution >= 0.6 is 0 Å². The number of nitrogens with zero attached hydrogens (tertiary/aromatic N) is 1. The van der Waals surface area contributed by atoms with Gasteiger partial charge in [-0.25, -0.2) is 9.18 Å². The fourth-order valence-electron chi connectivity index (χ4n) is 1.48. The molecule has 0 aromatic heterocycles. The van der Waals surface area contributed by atoms with E-state index in [4.69, 9.17) is 4.74 Å². The molecule has 21 heavy (non-hydrogen) atoms. The minimum absolute atomic E-state index is 0.0872. The van der Waals surface area contributed by atoms with Gasteiger partial charge in [0.2, 0.25) is 5.82 Å². The summed E-state index contributed by atoms with van der Waals surface area (Å²) in [5.41, 5.74) is -2.06. The molecule has 0 aliphatic carbocycles. The normalized spacial score (nSPS) is 10.4. The Balaban J connectivity index is 2.66. The zero-order valence-corrected chi connectivity index (χ0v) is 11.4. The molecule has 8 heteroatoms. The summed E-state index contributed by atoms with van der Waals surface area (Å²) in [5.74, 6) is -4.06. The van der Waals surface area contributed by atoms with Gasteiger partial charge in [-0.3, -0.25) is 10.1 Å².